The van der Waals surface area contributed by atoms with E-state index in [1.54, 1.807) is 20.8 Å². The minimum Gasteiger partial charge on any atom is -0.480 e. The summed E-state index contributed by atoms with van der Waals surface area (Å²) in [5.41, 5.74) is -0.407. The van der Waals surface area contributed by atoms with E-state index in [0.29, 0.717) is 4.34 Å². The standard InChI is InChI=1S/C11H13Cl2NO3S/c1-11(2,3)7(10(16)17)14-9(15)5-4-6(12)18-8(5)13/h4,7H,1-3H3,(H,14,15)(H,16,17)/t7-/m1/s1. The number of rotatable bonds is 3. The summed E-state index contributed by atoms with van der Waals surface area (Å²) in [6, 6.07) is 0.422. The van der Waals surface area contributed by atoms with E-state index < -0.39 is 23.3 Å². The van der Waals surface area contributed by atoms with Crippen LogP contribution < -0.4 is 5.32 Å². The molecule has 1 aromatic heterocycles. The lowest BCUT2D eigenvalue weighted by Crippen LogP contribution is -2.49. The van der Waals surface area contributed by atoms with Gasteiger partial charge in [0.05, 0.1) is 9.90 Å². The molecule has 2 N–H and O–H groups in total. The molecule has 0 saturated carbocycles. The van der Waals surface area contributed by atoms with Crippen molar-refractivity contribution in [1.29, 1.82) is 0 Å². The van der Waals surface area contributed by atoms with Crippen LogP contribution >= 0.6 is 34.5 Å². The van der Waals surface area contributed by atoms with Gasteiger partial charge in [-0.2, -0.15) is 0 Å². The molecule has 0 spiro atoms. The first-order valence-corrected chi connectivity index (χ1v) is 6.68. The van der Waals surface area contributed by atoms with Gasteiger partial charge in [0, 0.05) is 0 Å². The third-order valence-electron chi connectivity index (χ3n) is 2.29. The minimum atomic E-state index is -1.09. The zero-order valence-corrected chi connectivity index (χ0v) is 12.4. The topological polar surface area (TPSA) is 66.4 Å². The van der Waals surface area contributed by atoms with Gasteiger partial charge in [-0.3, -0.25) is 4.79 Å². The van der Waals surface area contributed by atoms with Gasteiger partial charge in [0.15, 0.2) is 0 Å². The van der Waals surface area contributed by atoms with Crippen LogP contribution in [0.5, 0.6) is 0 Å². The summed E-state index contributed by atoms with van der Waals surface area (Å²) in [4.78, 5) is 23.1. The zero-order chi connectivity index (χ0) is 14.1. The second-order valence-corrected chi connectivity index (χ2v) is 7.13. The molecule has 1 aromatic rings. The highest BCUT2D eigenvalue weighted by molar-refractivity contribution is 7.20. The molecule has 0 aliphatic carbocycles. The van der Waals surface area contributed by atoms with Crippen LogP contribution in [0.25, 0.3) is 0 Å². The maximum absolute atomic E-state index is 11.9. The third kappa shape index (κ3) is 3.60. The van der Waals surface area contributed by atoms with Crippen molar-refractivity contribution in [3.05, 3.63) is 20.3 Å². The monoisotopic (exact) mass is 309 g/mol. The first kappa shape index (κ1) is 15.3. The molecule has 0 fully saturated rings. The van der Waals surface area contributed by atoms with Gasteiger partial charge >= 0.3 is 5.97 Å². The molecule has 1 heterocycles. The number of thiophene rings is 1. The van der Waals surface area contributed by atoms with Gasteiger partial charge in [0.25, 0.3) is 5.91 Å². The second kappa shape index (κ2) is 5.47. The van der Waals surface area contributed by atoms with Gasteiger partial charge in [-0.05, 0) is 11.5 Å². The number of carbonyl (C=O) groups is 2. The quantitative estimate of drug-likeness (QED) is 0.900. The Morgan fingerprint density at radius 1 is 1.39 bits per heavy atom. The van der Waals surface area contributed by atoms with Crippen LogP contribution in [-0.2, 0) is 4.79 Å². The largest absolute Gasteiger partial charge is 0.480 e. The fourth-order valence-electron chi connectivity index (χ4n) is 1.35. The predicted molar refractivity (Wildman–Crippen MR) is 72.7 cm³/mol. The van der Waals surface area contributed by atoms with E-state index in [9.17, 15) is 9.59 Å². The summed E-state index contributed by atoms with van der Waals surface area (Å²) in [6.07, 6.45) is 0. The summed E-state index contributed by atoms with van der Waals surface area (Å²) < 4.78 is 0.628. The highest BCUT2D eigenvalue weighted by atomic mass is 35.5. The number of aliphatic carboxylic acids is 1. The molecule has 1 rings (SSSR count). The maximum atomic E-state index is 11.9. The van der Waals surface area contributed by atoms with Crippen LogP contribution in [0, 0.1) is 5.41 Å². The van der Waals surface area contributed by atoms with Crippen molar-refractivity contribution in [2.24, 2.45) is 5.41 Å². The molecular formula is C11H13Cl2NO3S. The van der Waals surface area contributed by atoms with Crippen molar-refractivity contribution in [3.63, 3.8) is 0 Å². The van der Waals surface area contributed by atoms with Gasteiger partial charge in [-0.25, -0.2) is 4.79 Å². The Morgan fingerprint density at radius 3 is 2.28 bits per heavy atom. The van der Waals surface area contributed by atoms with Crippen molar-refractivity contribution >= 4 is 46.4 Å². The average molecular weight is 310 g/mol. The number of amides is 1. The van der Waals surface area contributed by atoms with E-state index in [1.165, 1.54) is 6.07 Å². The highest BCUT2D eigenvalue weighted by Crippen LogP contribution is 2.31. The molecule has 1 atom stereocenters. The van der Waals surface area contributed by atoms with Crippen molar-refractivity contribution in [3.8, 4) is 0 Å². The SMILES string of the molecule is CC(C)(C)[C@H](NC(=O)c1cc(Cl)sc1Cl)C(=O)O. The average Bonchev–Trinajstić information content (AvgIpc) is 2.51. The van der Waals surface area contributed by atoms with Gasteiger partial charge in [-0.15, -0.1) is 11.3 Å². The Hall–Kier alpha value is -0.780. The molecule has 0 bridgehead atoms. The van der Waals surface area contributed by atoms with E-state index in [2.05, 4.69) is 5.32 Å². The Kier molecular flexibility index (Phi) is 4.64. The molecule has 0 saturated heterocycles. The van der Waals surface area contributed by atoms with Gasteiger partial charge in [-0.1, -0.05) is 44.0 Å². The summed E-state index contributed by atoms with van der Waals surface area (Å²) in [5.74, 6) is -1.63. The summed E-state index contributed by atoms with van der Waals surface area (Å²) in [7, 11) is 0. The lowest BCUT2D eigenvalue weighted by atomic mass is 9.86. The lowest BCUT2D eigenvalue weighted by molar-refractivity contribution is -0.142. The molecule has 0 radical (unpaired) electrons. The number of carbonyl (C=O) groups excluding carboxylic acids is 1. The number of hydrogen-bond acceptors (Lipinski definition) is 3. The first-order chi connectivity index (χ1) is 8.12. The molecule has 0 aromatic carbocycles. The number of halogens is 2. The van der Waals surface area contributed by atoms with Crippen molar-refractivity contribution < 1.29 is 14.7 Å². The first-order valence-electron chi connectivity index (χ1n) is 5.11. The predicted octanol–water partition coefficient (Wildman–Crippen LogP) is 3.28. The van der Waals surface area contributed by atoms with Crippen LogP contribution in [0.15, 0.2) is 6.07 Å². The second-order valence-electron chi connectivity index (χ2n) is 4.85. The lowest BCUT2D eigenvalue weighted by Gasteiger charge is -2.27. The molecule has 0 aliphatic heterocycles. The van der Waals surface area contributed by atoms with Gasteiger partial charge in [0.1, 0.15) is 10.4 Å². The number of carboxylic acids is 1. The van der Waals surface area contributed by atoms with Crippen LogP contribution in [0.3, 0.4) is 0 Å². The van der Waals surface area contributed by atoms with Crippen LogP contribution in [0.1, 0.15) is 31.1 Å². The number of carboxylic acid groups (broad SMARTS) is 1. The Balaban J connectivity index is 2.93. The van der Waals surface area contributed by atoms with E-state index in [1.807, 2.05) is 0 Å². The molecule has 0 aliphatic rings. The molecule has 0 unspecified atom stereocenters. The fourth-order valence-corrected chi connectivity index (χ4v) is 2.81. The van der Waals surface area contributed by atoms with Gasteiger partial charge in [0.2, 0.25) is 0 Å². The summed E-state index contributed by atoms with van der Waals surface area (Å²) in [5, 5.41) is 11.6. The summed E-state index contributed by atoms with van der Waals surface area (Å²) >= 11 is 12.6. The number of nitrogens with one attached hydrogen (secondary N) is 1. The number of hydrogen-bond donors (Lipinski definition) is 2. The van der Waals surface area contributed by atoms with Crippen LogP contribution in [0.4, 0.5) is 0 Å². The van der Waals surface area contributed by atoms with E-state index in [4.69, 9.17) is 28.3 Å². The fraction of sp³-hybridized carbons (Fsp3) is 0.455. The minimum absolute atomic E-state index is 0.196. The van der Waals surface area contributed by atoms with Crippen LogP contribution in [-0.4, -0.2) is 23.0 Å². The van der Waals surface area contributed by atoms with E-state index in [0.717, 1.165) is 11.3 Å². The molecule has 1 amide bonds. The Labute approximate surface area is 119 Å². The highest BCUT2D eigenvalue weighted by Gasteiger charge is 2.33. The van der Waals surface area contributed by atoms with E-state index in [-0.39, 0.29) is 9.90 Å². The normalized spacial score (nSPS) is 13.2. The molecule has 18 heavy (non-hydrogen) atoms. The van der Waals surface area contributed by atoms with Crippen molar-refractivity contribution in [1.82, 2.24) is 5.32 Å². The van der Waals surface area contributed by atoms with Crippen molar-refractivity contribution in [2.45, 2.75) is 26.8 Å². The van der Waals surface area contributed by atoms with Crippen LogP contribution in [0.2, 0.25) is 8.67 Å². The smallest absolute Gasteiger partial charge is 0.326 e. The van der Waals surface area contributed by atoms with Gasteiger partial charge < -0.3 is 10.4 Å². The molecule has 4 nitrogen and oxygen atoms in total. The maximum Gasteiger partial charge on any atom is 0.326 e. The Morgan fingerprint density at radius 2 is 1.94 bits per heavy atom. The summed E-state index contributed by atoms with van der Waals surface area (Å²) in [6.45, 7) is 5.19. The zero-order valence-electron chi connectivity index (χ0n) is 10.1. The molecule has 100 valence electrons. The molecular weight excluding hydrogens is 297 g/mol. The Bertz CT molecular complexity index is 479. The molecule has 7 heteroatoms. The van der Waals surface area contributed by atoms with E-state index >= 15 is 0 Å². The third-order valence-corrected chi connectivity index (χ3v) is 3.78. The van der Waals surface area contributed by atoms with Crippen molar-refractivity contribution in [2.75, 3.05) is 0 Å².